The highest BCUT2D eigenvalue weighted by Gasteiger charge is 2.49. The first kappa shape index (κ1) is 18.1. The fraction of sp³-hybridized carbons (Fsp3) is 0.333. The summed E-state index contributed by atoms with van der Waals surface area (Å²) in [5.41, 5.74) is 1.21. The monoisotopic (exact) mass is 354 g/mol. The van der Waals surface area contributed by atoms with E-state index in [0.717, 1.165) is 5.56 Å². The van der Waals surface area contributed by atoms with Crippen molar-refractivity contribution in [2.75, 3.05) is 5.32 Å². The van der Waals surface area contributed by atoms with Crippen molar-refractivity contribution in [1.29, 1.82) is 0 Å². The van der Waals surface area contributed by atoms with Crippen molar-refractivity contribution in [3.05, 3.63) is 66.0 Å². The first-order valence-corrected chi connectivity index (χ1v) is 8.87. The zero-order valence-corrected chi connectivity index (χ0v) is 15.0. The molecule has 0 bridgehead atoms. The molecule has 2 unspecified atom stereocenters. The van der Waals surface area contributed by atoms with Crippen LogP contribution in [-0.4, -0.2) is 22.8 Å². The van der Waals surface area contributed by atoms with E-state index in [4.69, 9.17) is 0 Å². The number of hydrogen-bond donors (Lipinski definition) is 1. The van der Waals surface area contributed by atoms with Gasteiger partial charge < -0.3 is 10.2 Å². The second kappa shape index (κ2) is 7.68. The zero-order valence-electron chi connectivity index (χ0n) is 15.0. The summed E-state index contributed by atoms with van der Waals surface area (Å²) in [4.78, 5) is 27.0. The van der Waals surface area contributed by atoms with Gasteiger partial charge in [0.05, 0.1) is 17.5 Å². The second-order valence-electron chi connectivity index (χ2n) is 6.96. The Kier molecular flexibility index (Phi) is 5.35. The van der Waals surface area contributed by atoms with E-state index >= 15 is 0 Å². The van der Waals surface area contributed by atoms with Gasteiger partial charge in [-0.2, -0.15) is 0 Å². The van der Waals surface area contributed by atoms with E-state index in [1.807, 2.05) is 44.2 Å². The Bertz CT molecular complexity index is 792. The fourth-order valence-electron chi connectivity index (χ4n) is 3.05. The van der Waals surface area contributed by atoms with Crippen LogP contribution in [0.5, 0.6) is 0 Å². The molecule has 2 aromatic carbocycles. The van der Waals surface area contributed by atoms with E-state index < -0.39 is 5.82 Å². The highest BCUT2D eigenvalue weighted by atomic mass is 19.1. The molecule has 0 aliphatic heterocycles. The number of benzene rings is 2. The quantitative estimate of drug-likeness (QED) is 0.857. The van der Waals surface area contributed by atoms with Crippen molar-refractivity contribution in [3.63, 3.8) is 0 Å². The molecule has 2 aromatic rings. The van der Waals surface area contributed by atoms with Crippen LogP contribution in [0.3, 0.4) is 0 Å². The van der Waals surface area contributed by atoms with Crippen LogP contribution in [0.25, 0.3) is 0 Å². The number of hydrogen-bond acceptors (Lipinski definition) is 2. The van der Waals surface area contributed by atoms with Gasteiger partial charge in [-0.15, -0.1) is 0 Å². The molecule has 136 valence electrons. The first-order valence-electron chi connectivity index (χ1n) is 8.87. The number of nitrogens with one attached hydrogen (secondary N) is 1. The van der Waals surface area contributed by atoms with E-state index in [1.54, 1.807) is 17.0 Å². The lowest BCUT2D eigenvalue weighted by molar-refractivity contribution is -0.136. The minimum atomic E-state index is -0.475. The first-order chi connectivity index (χ1) is 12.5. The average molecular weight is 354 g/mol. The number of rotatable bonds is 6. The SMILES string of the molecule is CC(C)N(Cc1ccccc1)C(=O)C1CC1C(=O)Nc1ccccc1F. The summed E-state index contributed by atoms with van der Waals surface area (Å²) in [7, 11) is 0. The van der Waals surface area contributed by atoms with Gasteiger partial charge in [-0.25, -0.2) is 4.39 Å². The van der Waals surface area contributed by atoms with Crippen molar-refractivity contribution in [1.82, 2.24) is 4.90 Å². The van der Waals surface area contributed by atoms with Crippen molar-refractivity contribution in [2.45, 2.75) is 32.9 Å². The summed E-state index contributed by atoms with van der Waals surface area (Å²) >= 11 is 0. The smallest absolute Gasteiger partial charge is 0.228 e. The van der Waals surface area contributed by atoms with Crippen LogP contribution in [0.1, 0.15) is 25.8 Å². The molecule has 1 saturated carbocycles. The molecule has 3 rings (SSSR count). The Balaban J connectivity index is 1.63. The molecule has 0 saturated heterocycles. The molecule has 0 radical (unpaired) electrons. The van der Waals surface area contributed by atoms with Crippen molar-refractivity contribution in [3.8, 4) is 0 Å². The lowest BCUT2D eigenvalue weighted by atomic mass is 10.1. The lowest BCUT2D eigenvalue weighted by Gasteiger charge is -2.27. The third-order valence-corrected chi connectivity index (χ3v) is 4.68. The summed E-state index contributed by atoms with van der Waals surface area (Å²) in [6, 6.07) is 15.9. The van der Waals surface area contributed by atoms with Gasteiger partial charge >= 0.3 is 0 Å². The summed E-state index contributed by atoms with van der Waals surface area (Å²) in [6.45, 7) is 4.46. The highest BCUT2D eigenvalue weighted by Crippen LogP contribution is 2.41. The van der Waals surface area contributed by atoms with Gasteiger partial charge in [-0.05, 0) is 38.0 Å². The Labute approximate surface area is 153 Å². The Morgan fingerprint density at radius 3 is 2.38 bits per heavy atom. The summed E-state index contributed by atoms with van der Waals surface area (Å²) in [6.07, 6.45) is 0.511. The molecule has 1 fully saturated rings. The van der Waals surface area contributed by atoms with Crippen LogP contribution < -0.4 is 5.32 Å². The molecule has 2 atom stereocenters. The molecule has 1 aliphatic carbocycles. The van der Waals surface area contributed by atoms with E-state index in [-0.39, 0.29) is 35.4 Å². The molecule has 1 N–H and O–H groups in total. The van der Waals surface area contributed by atoms with Gasteiger partial charge in [0.25, 0.3) is 0 Å². The van der Waals surface area contributed by atoms with Crippen LogP contribution in [-0.2, 0) is 16.1 Å². The Morgan fingerprint density at radius 2 is 1.73 bits per heavy atom. The third-order valence-electron chi connectivity index (χ3n) is 4.68. The van der Waals surface area contributed by atoms with Gasteiger partial charge in [0.2, 0.25) is 11.8 Å². The van der Waals surface area contributed by atoms with Crippen LogP contribution in [0.2, 0.25) is 0 Å². The number of anilines is 1. The highest BCUT2D eigenvalue weighted by molar-refractivity contribution is 5.99. The van der Waals surface area contributed by atoms with E-state index in [2.05, 4.69) is 5.32 Å². The Morgan fingerprint density at radius 1 is 1.08 bits per heavy atom. The lowest BCUT2D eigenvalue weighted by Crippen LogP contribution is -2.38. The molecule has 4 nitrogen and oxygen atoms in total. The number of nitrogens with zero attached hydrogens (tertiary/aromatic N) is 1. The minimum Gasteiger partial charge on any atom is -0.336 e. The van der Waals surface area contributed by atoms with E-state index in [9.17, 15) is 14.0 Å². The maximum Gasteiger partial charge on any atom is 0.228 e. The van der Waals surface area contributed by atoms with E-state index in [1.165, 1.54) is 12.1 Å². The Hall–Kier alpha value is -2.69. The maximum atomic E-state index is 13.7. The van der Waals surface area contributed by atoms with Crippen LogP contribution in [0, 0.1) is 17.7 Å². The van der Waals surface area contributed by atoms with Crippen LogP contribution >= 0.6 is 0 Å². The third kappa shape index (κ3) is 4.10. The molecule has 0 aromatic heterocycles. The van der Waals surface area contributed by atoms with Crippen LogP contribution in [0.4, 0.5) is 10.1 Å². The largest absolute Gasteiger partial charge is 0.336 e. The van der Waals surface area contributed by atoms with E-state index in [0.29, 0.717) is 13.0 Å². The predicted octanol–water partition coefficient (Wildman–Crippen LogP) is 3.84. The van der Waals surface area contributed by atoms with Crippen molar-refractivity contribution in [2.24, 2.45) is 11.8 Å². The number of carbonyl (C=O) groups is 2. The predicted molar refractivity (Wildman–Crippen MR) is 98.8 cm³/mol. The van der Waals surface area contributed by atoms with Gasteiger partial charge in [-0.3, -0.25) is 9.59 Å². The number of amides is 2. The number of halogens is 1. The summed E-state index contributed by atoms with van der Waals surface area (Å²) in [5, 5.41) is 2.59. The van der Waals surface area contributed by atoms with Gasteiger partial charge in [0.1, 0.15) is 5.82 Å². The standard InChI is InChI=1S/C21H23FN2O2/c1-14(2)24(13-15-8-4-3-5-9-15)21(26)17-12-16(17)20(25)23-19-11-7-6-10-18(19)22/h3-11,14,16-17H,12-13H2,1-2H3,(H,23,25). The van der Waals surface area contributed by atoms with Crippen molar-refractivity contribution < 1.29 is 14.0 Å². The molecule has 26 heavy (non-hydrogen) atoms. The molecular formula is C21H23FN2O2. The number of carbonyl (C=O) groups excluding carboxylic acids is 2. The zero-order chi connectivity index (χ0) is 18.7. The molecule has 0 heterocycles. The average Bonchev–Trinajstić information content (AvgIpc) is 3.42. The molecule has 5 heteroatoms. The molecule has 0 spiro atoms. The van der Waals surface area contributed by atoms with Gasteiger partial charge in [0, 0.05) is 12.6 Å². The molecular weight excluding hydrogens is 331 g/mol. The van der Waals surface area contributed by atoms with Crippen LogP contribution in [0.15, 0.2) is 54.6 Å². The molecule has 2 amide bonds. The molecule has 1 aliphatic rings. The summed E-state index contributed by atoms with van der Waals surface area (Å²) in [5.74, 6) is -1.50. The number of para-hydroxylation sites is 1. The minimum absolute atomic E-state index is 0.0162. The van der Waals surface area contributed by atoms with Gasteiger partial charge in [0.15, 0.2) is 0 Å². The second-order valence-corrected chi connectivity index (χ2v) is 6.96. The van der Waals surface area contributed by atoms with Gasteiger partial charge in [-0.1, -0.05) is 42.5 Å². The normalized spacial score (nSPS) is 18.5. The fourth-order valence-corrected chi connectivity index (χ4v) is 3.05. The van der Waals surface area contributed by atoms with Crippen molar-refractivity contribution >= 4 is 17.5 Å². The maximum absolute atomic E-state index is 13.7. The topological polar surface area (TPSA) is 49.4 Å². The summed E-state index contributed by atoms with van der Waals surface area (Å²) < 4.78 is 13.7.